The van der Waals surface area contributed by atoms with Crippen LogP contribution in [-0.2, 0) is 14.3 Å². The second-order valence-corrected chi connectivity index (χ2v) is 8.59. The maximum Gasteiger partial charge on any atom is 0.408 e. The molecule has 0 saturated carbocycles. The van der Waals surface area contributed by atoms with Gasteiger partial charge < -0.3 is 20.1 Å². The van der Waals surface area contributed by atoms with Crippen molar-refractivity contribution >= 4 is 23.6 Å². The minimum Gasteiger partial charge on any atom is -0.497 e. The number of hydrogen-bond donors (Lipinski definition) is 2. The predicted molar refractivity (Wildman–Crippen MR) is 133 cm³/mol. The standard InChI is InChI=1S/C27H29N3O5/c1-8-19-10-12-20(13-11-19)23(24(31)29-21-14-16-22(34-7)17-15-21)30(9-2)25(32)18(3)28-26(33)35-27(4,5)6/h1-2,10-18,23H,3-7H3,(H,28,33)(H,29,31). The van der Waals surface area contributed by atoms with Gasteiger partial charge in [-0.25, -0.2) is 4.79 Å². The number of benzene rings is 2. The van der Waals surface area contributed by atoms with E-state index >= 15 is 0 Å². The largest absolute Gasteiger partial charge is 0.497 e. The van der Waals surface area contributed by atoms with Crippen LogP contribution in [0.4, 0.5) is 10.5 Å². The van der Waals surface area contributed by atoms with E-state index in [4.69, 9.17) is 22.3 Å². The molecule has 8 nitrogen and oxygen atoms in total. The molecule has 2 rings (SSSR count). The minimum atomic E-state index is -1.20. The fourth-order valence-corrected chi connectivity index (χ4v) is 3.08. The molecule has 182 valence electrons. The molecule has 0 bridgehead atoms. The van der Waals surface area contributed by atoms with Crippen molar-refractivity contribution in [2.24, 2.45) is 0 Å². The lowest BCUT2D eigenvalue weighted by Gasteiger charge is -2.29. The van der Waals surface area contributed by atoms with Crippen LogP contribution in [0.2, 0.25) is 0 Å². The second-order valence-electron chi connectivity index (χ2n) is 8.59. The Kier molecular flexibility index (Phi) is 8.91. The summed E-state index contributed by atoms with van der Waals surface area (Å²) in [5, 5.41) is 5.22. The lowest BCUT2D eigenvalue weighted by atomic mass is 10.0. The Hall–Kier alpha value is -4.43. The van der Waals surface area contributed by atoms with E-state index in [1.165, 1.54) is 14.0 Å². The molecule has 0 aromatic heterocycles. The van der Waals surface area contributed by atoms with Crippen LogP contribution in [0.3, 0.4) is 0 Å². The molecule has 2 unspecified atom stereocenters. The highest BCUT2D eigenvalue weighted by Crippen LogP contribution is 2.25. The molecule has 2 N–H and O–H groups in total. The van der Waals surface area contributed by atoms with Gasteiger partial charge >= 0.3 is 6.09 Å². The van der Waals surface area contributed by atoms with E-state index in [1.807, 2.05) is 0 Å². The van der Waals surface area contributed by atoms with E-state index in [-0.39, 0.29) is 0 Å². The highest BCUT2D eigenvalue weighted by Gasteiger charge is 2.34. The zero-order valence-corrected chi connectivity index (χ0v) is 20.4. The molecular weight excluding hydrogens is 446 g/mol. The summed E-state index contributed by atoms with van der Waals surface area (Å²) in [5.74, 6) is 1.89. The number of alkyl carbamates (subject to hydrolysis) is 1. The van der Waals surface area contributed by atoms with E-state index in [0.717, 1.165) is 4.90 Å². The number of methoxy groups -OCH3 is 1. The normalized spacial score (nSPS) is 12.2. The van der Waals surface area contributed by atoms with Gasteiger partial charge in [0.1, 0.15) is 23.4 Å². The van der Waals surface area contributed by atoms with Crippen molar-refractivity contribution in [1.29, 1.82) is 0 Å². The van der Waals surface area contributed by atoms with Crippen molar-refractivity contribution in [3.63, 3.8) is 0 Å². The molecule has 0 fully saturated rings. The highest BCUT2D eigenvalue weighted by molar-refractivity contribution is 5.99. The molecule has 2 aromatic rings. The first-order chi connectivity index (χ1) is 16.5. The first-order valence-electron chi connectivity index (χ1n) is 10.8. The maximum absolute atomic E-state index is 13.4. The van der Waals surface area contributed by atoms with Crippen molar-refractivity contribution < 1.29 is 23.9 Å². The van der Waals surface area contributed by atoms with Gasteiger partial charge in [0, 0.05) is 17.3 Å². The van der Waals surface area contributed by atoms with Gasteiger partial charge in [-0.05, 0) is 69.7 Å². The fraction of sp³-hybridized carbons (Fsp3) is 0.296. The Labute approximate surface area is 206 Å². The predicted octanol–water partition coefficient (Wildman–Crippen LogP) is 3.69. The molecule has 0 saturated heterocycles. The zero-order valence-electron chi connectivity index (χ0n) is 20.4. The van der Waals surface area contributed by atoms with Crippen molar-refractivity contribution in [3.8, 4) is 30.6 Å². The van der Waals surface area contributed by atoms with Crippen LogP contribution in [0.25, 0.3) is 0 Å². The Morgan fingerprint density at radius 2 is 1.60 bits per heavy atom. The number of amides is 3. The van der Waals surface area contributed by atoms with Gasteiger partial charge in [0.2, 0.25) is 0 Å². The van der Waals surface area contributed by atoms with Crippen molar-refractivity contribution in [2.45, 2.75) is 45.4 Å². The Morgan fingerprint density at radius 3 is 2.09 bits per heavy atom. The number of carbonyl (C=O) groups is 3. The third-order valence-electron chi connectivity index (χ3n) is 4.74. The molecule has 0 aliphatic carbocycles. The van der Waals surface area contributed by atoms with Gasteiger partial charge in [-0.15, -0.1) is 6.42 Å². The maximum atomic E-state index is 13.4. The van der Waals surface area contributed by atoms with E-state index in [9.17, 15) is 14.4 Å². The molecule has 35 heavy (non-hydrogen) atoms. The van der Waals surface area contributed by atoms with Crippen LogP contribution < -0.4 is 15.4 Å². The average molecular weight is 476 g/mol. The van der Waals surface area contributed by atoms with Crippen LogP contribution in [0.5, 0.6) is 5.75 Å². The number of rotatable bonds is 7. The number of nitrogens with zero attached hydrogens (tertiary/aromatic N) is 1. The molecule has 0 spiro atoms. The Morgan fingerprint density at radius 1 is 1.00 bits per heavy atom. The SMILES string of the molecule is C#Cc1ccc(C(C(=O)Nc2ccc(OC)cc2)N(C#C)C(=O)C(C)NC(=O)OC(C)(C)C)cc1. The zero-order chi connectivity index (χ0) is 26.2. The quantitative estimate of drug-likeness (QED) is 0.470. The summed E-state index contributed by atoms with van der Waals surface area (Å²) in [7, 11) is 1.53. The van der Waals surface area contributed by atoms with Gasteiger partial charge in [0.05, 0.1) is 7.11 Å². The number of nitrogens with one attached hydrogen (secondary N) is 2. The number of ether oxygens (including phenoxy) is 2. The highest BCUT2D eigenvalue weighted by atomic mass is 16.6. The van der Waals surface area contributed by atoms with Crippen LogP contribution in [0, 0.1) is 24.8 Å². The number of carbonyl (C=O) groups excluding carboxylic acids is 3. The third kappa shape index (κ3) is 7.55. The smallest absolute Gasteiger partial charge is 0.408 e. The fourth-order valence-electron chi connectivity index (χ4n) is 3.08. The summed E-state index contributed by atoms with van der Waals surface area (Å²) in [6.07, 6.45) is 10.3. The van der Waals surface area contributed by atoms with Crippen LogP contribution in [0.15, 0.2) is 48.5 Å². The van der Waals surface area contributed by atoms with Crippen LogP contribution in [0.1, 0.15) is 44.9 Å². The summed E-state index contributed by atoms with van der Waals surface area (Å²) in [4.78, 5) is 39.7. The first kappa shape index (κ1) is 26.8. The molecule has 0 aliphatic heterocycles. The third-order valence-corrected chi connectivity index (χ3v) is 4.74. The van der Waals surface area contributed by atoms with Gasteiger partial charge in [0.15, 0.2) is 0 Å². The molecule has 8 heteroatoms. The summed E-state index contributed by atoms with van der Waals surface area (Å²) in [6.45, 7) is 6.56. The average Bonchev–Trinajstić information content (AvgIpc) is 2.81. The summed E-state index contributed by atoms with van der Waals surface area (Å²) >= 11 is 0. The monoisotopic (exact) mass is 475 g/mol. The molecule has 0 aliphatic rings. The van der Waals surface area contributed by atoms with Gasteiger partial charge in [-0.2, -0.15) is 0 Å². The first-order valence-corrected chi connectivity index (χ1v) is 10.8. The molecule has 0 radical (unpaired) electrons. The summed E-state index contributed by atoms with van der Waals surface area (Å²) in [6, 6.07) is 13.2. The van der Waals surface area contributed by atoms with Crippen molar-refractivity contribution in [1.82, 2.24) is 10.2 Å². The number of anilines is 1. The van der Waals surface area contributed by atoms with E-state index < -0.39 is 35.6 Å². The van der Waals surface area contributed by atoms with Crippen molar-refractivity contribution in [3.05, 3.63) is 59.7 Å². The van der Waals surface area contributed by atoms with Crippen molar-refractivity contribution in [2.75, 3.05) is 12.4 Å². The number of terminal acetylenes is 2. The van der Waals surface area contributed by atoms with E-state index in [0.29, 0.717) is 22.6 Å². The number of hydrogen-bond acceptors (Lipinski definition) is 5. The minimum absolute atomic E-state index is 0.436. The topological polar surface area (TPSA) is 97.0 Å². The van der Waals surface area contributed by atoms with E-state index in [2.05, 4.69) is 22.6 Å². The summed E-state index contributed by atoms with van der Waals surface area (Å²) in [5.41, 5.74) is 0.760. The van der Waals surface area contributed by atoms with Crippen LogP contribution in [-0.4, -0.2) is 41.6 Å². The van der Waals surface area contributed by atoms with Crippen LogP contribution >= 0.6 is 0 Å². The Balaban J connectivity index is 2.35. The molecular formula is C27H29N3O5. The van der Waals surface area contributed by atoms with Gasteiger partial charge in [0.25, 0.3) is 11.8 Å². The van der Waals surface area contributed by atoms with Gasteiger partial charge in [-0.3, -0.25) is 14.5 Å². The Bertz CT molecular complexity index is 1140. The van der Waals surface area contributed by atoms with E-state index in [1.54, 1.807) is 69.3 Å². The molecule has 0 heterocycles. The molecule has 3 amide bonds. The van der Waals surface area contributed by atoms with Gasteiger partial charge in [-0.1, -0.05) is 24.5 Å². The summed E-state index contributed by atoms with van der Waals surface area (Å²) < 4.78 is 10.3. The lowest BCUT2D eigenvalue weighted by molar-refractivity contribution is -0.136. The second kappa shape index (κ2) is 11.6. The molecule has 2 aromatic carbocycles. The lowest BCUT2D eigenvalue weighted by Crippen LogP contribution is -2.49. The molecule has 2 atom stereocenters.